The van der Waals surface area contributed by atoms with Crippen LogP contribution in [0.3, 0.4) is 0 Å². The summed E-state index contributed by atoms with van der Waals surface area (Å²) in [7, 11) is 4.00. The molecular weight excluding hydrogens is 546 g/mol. The lowest BCUT2D eigenvalue weighted by Crippen LogP contribution is -2.26. The number of fused-ring (bicyclic) bond motifs is 4. The maximum absolute atomic E-state index is 13.7. The molecule has 0 atom stereocenters. The van der Waals surface area contributed by atoms with Crippen LogP contribution < -0.4 is 25.5 Å². The van der Waals surface area contributed by atoms with Crippen molar-refractivity contribution in [2.24, 2.45) is 4.99 Å². The number of carbonyl (C=O) groups is 1. The Hall–Kier alpha value is -4.29. The number of ether oxygens (including phenoxy) is 2. The Morgan fingerprint density at radius 1 is 0.929 bits per heavy atom. The molecule has 7 rings (SSSR count). The van der Waals surface area contributed by atoms with Crippen molar-refractivity contribution in [2.75, 3.05) is 37.4 Å². The monoisotopic (exact) mass is 579 g/mol. The van der Waals surface area contributed by atoms with Gasteiger partial charge >= 0.3 is 5.97 Å². The third kappa shape index (κ3) is 5.12. The van der Waals surface area contributed by atoms with Crippen molar-refractivity contribution in [3.05, 3.63) is 117 Å². The van der Waals surface area contributed by atoms with Crippen molar-refractivity contribution in [2.45, 2.75) is 32.3 Å². The van der Waals surface area contributed by atoms with E-state index in [2.05, 4.69) is 29.6 Å². The van der Waals surface area contributed by atoms with Crippen molar-refractivity contribution in [1.29, 1.82) is 0 Å². The van der Waals surface area contributed by atoms with E-state index in [9.17, 15) is 4.79 Å². The normalized spacial score (nSPS) is 14.4. The molecule has 0 aliphatic carbocycles. The van der Waals surface area contributed by atoms with Gasteiger partial charge in [0.05, 0.1) is 10.9 Å². The maximum atomic E-state index is 13.7. The zero-order valence-corrected chi connectivity index (χ0v) is 24.7. The van der Waals surface area contributed by atoms with Gasteiger partial charge in [-0.2, -0.15) is 0 Å². The first-order valence-electron chi connectivity index (χ1n) is 14.4. The van der Waals surface area contributed by atoms with Crippen molar-refractivity contribution in [3.63, 3.8) is 0 Å². The average Bonchev–Trinajstić information content (AvgIpc) is 3.00. The van der Waals surface area contributed by atoms with Gasteiger partial charge in [-0.3, -0.25) is 4.99 Å². The number of nitrogens with one attached hydrogen (secondary N) is 1. The first-order valence-corrected chi connectivity index (χ1v) is 14.4. The second-order valence-corrected chi connectivity index (χ2v) is 11.2. The zero-order chi connectivity index (χ0) is 27.9. The minimum absolute atomic E-state index is 0. The van der Waals surface area contributed by atoms with E-state index in [1.54, 1.807) is 0 Å². The summed E-state index contributed by atoms with van der Waals surface area (Å²) in [6, 6.07) is 24.5. The lowest BCUT2D eigenvalue weighted by atomic mass is 9.87. The van der Waals surface area contributed by atoms with Crippen LogP contribution in [0, 0.1) is 0 Å². The minimum Gasteiger partial charge on any atom is -0.457 e. The van der Waals surface area contributed by atoms with Crippen LogP contribution in [-0.4, -0.2) is 33.2 Å². The Labute approximate surface area is 252 Å². The van der Waals surface area contributed by atoms with Crippen LogP contribution in [0.1, 0.15) is 51.0 Å². The molecule has 0 amide bonds. The molecule has 42 heavy (non-hydrogen) atoms. The fraction of sp³-hybridized carbons (Fsp3) is 0.257. The van der Waals surface area contributed by atoms with E-state index >= 15 is 0 Å². The molecule has 0 saturated carbocycles. The summed E-state index contributed by atoms with van der Waals surface area (Å²) < 4.78 is 12.5. The molecule has 1 N–H and O–H groups in total. The van der Waals surface area contributed by atoms with Crippen LogP contribution in [0.5, 0.6) is 11.5 Å². The zero-order valence-electron chi connectivity index (χ0n) is 23.9. The SMILES string of the molecule is CN(C)c1cccc(COC(=O)c2ccccc2C2=c3cc4c(cc3Oc3cc5c(cc32)CCCN5)=NCCC4)c1.Cl. The quantitative estimate of drug-likeness (QED) is 0.266. The summed E-state index contributed by atoms with van der Waals surface area (Å²) >= 11 is 0. The van der Waals surface area contributed by atoms with E-state index in [0.717, 1.165) is 94.5 Å². The number of halogens is 1. The number of nitrogens with zero attached hydrogens (tertiary/aromatic N) is 2. The van der Waals surface area contributed by atoms with E-state index < -0.39 is 0 Å². The summed E-state index contributed by atoms with van der Waals surface area (Å²) in [4.78, 5) is 20.5. The molecule has 3 heterocycles. The van der Waals surface area contributed by atoms with E-state index in [1.807, 2.05) is 67.5 Å². The number of hydrogen-bond donors (Lipinski definition) is 1. The molecule has 0 saturated heterocycles. The van der Waals surface area contributed by atoms with Gasteiger partial charge in [0.1, 0.15) is 18.1 Å². The highest BCUT2D eigenvalue weighted by atomic mass is 35.5. The Morgan fingerprint density at radius 2 is 1.79 bits per heavy atom. The molecule has 3 aliphatic heterocycles. The molecule has 4 aromatic carbocycles. The lowest BCUT2D eigenvalue weighted by Gasteiger charge is -2.27. The standard InChI is InChI=1S/C35H33N3O3.ClH/c1-38(2)25-11-5-8-22(16-25)21-40-35(39)27-13-4-3-12-26(27)34-28-17-23-9-6-14-36-30(23)19-32(28)41-33-20-31-24(18-29(33)34)10-7-15-37-31;/h3-5,8,11-13,16-20,36H,6-7,9-10,14-15,21H2,1-2H3;1H. The van der Waals surface area contributed by atoms with E-state index in [4.69, 9.17) is 14.5 Å². The highest BCUT2D eigenvalue weighted by Gasteiger charge is 2.27. The van der Waals surface area contributed by atoms with Crippen LogP contribution in [-0.2, 0) is 24.2 Å². The molecule has 4 aromatic rings. The molecular formula is C35H34ClN3O3. The Morgan fingerprint density at radius 3 is 2.67 bits per heavy atom. The van der Waals surface area contributed by atoms with Gasteiger partial charge in [-0.1, -0.05) is 30.3 Å². The predicted octanol–water partition coefficient (Wildman–Crippen LogP) is 5.81. The number of hydrogen-bond acceptors (Lipinski definition) is 6. The number of carbonyl (C=O) groups excluding carboxylic acids is 1. The summed E-state index contributed by atoms with van der Waals surface area (Å²) in [5.74, 6) is 1.22. The minimum atomic E-state index is -0.342. The van der Waals surface area contributed by atoms with E-state index in [1.165, 1.54) is 11.1 Å². The molecule has 6 nitrogen and oxygen atoms in total. The van der Waals surface area contributed by atoms with Crippen LogP contribution >= 0.6 is 12.4 Å². The van der Waals surface area contributed by atoms with Gasteiger partial charge in [0.15, 0.2) is 0 Å². The smallest absolute Gasteiger partial charge is 0.339 e. The Kier molecular flexibility index (Phi) is 7.65. The van der Waals surface area contributed by atoms with Gasteiger partial charge in [0, 0.05) is 67.0 Å². The Balaban J connectivity index is 0.00000316. The first kappa shape index (κ1) is 27.9. The number of esters is 1. The number of benzene rings is 4. The van der Waals surface area contributed by atoms with Gasteiger partial charge in [0.2, 0.25) is 0 Å². The van der Waals surface area contributed by atoms with Crippen molar-refractivity contribution in [3.8, 4) is 11.5 Å². The summed E-state index contributed by atoms with van der Waals surface area (Å²) in [5, 5.41) is 5.53. The average molecular weight is 580 g/mol. The number of rotatable bonds is 5. The highest BCUT2D eigenvalue weighted by Crippen LogP contribution is 2.41. The predicted molar refractivity (Wildman–Crippen MR) is 169 cm³/mol. The maximum Gasteiger partial charge on any atom is 0.339 e. The first-order chi connectivity index (χ1) is 20.0. The third-order valence-corrected chi connectivity index (χ3v) is 8.18. The fourth-order valence-corrected chi connectivity index (χ4v) is 6.07. The van der Waals surface area contributed by atoms with E-state index in [0.29, 0.717) is 5.56 Å². The highest BCUT2D eigenvalue weighted by molar-refractivity contribution is 5.99. The number of anilines is 2. The number of aryl methyl sites for hydroxylation is 2. The van der Waals surface area contributed by atoms with Crippen molar-refractivity contribution in [1.82, 2.24) is 0 Å². The largest absolute Gasteiger partial charge is 0.457 e. The third-order valence-electron chi connectivity index (χ3n) is 8.18. The molecule has 0 unspecified atom stereocenters. The molecule has 0 spiro atoms. The lowest BCUT2D eigenvalue weighted by molar-refractivity contribution is 0.0472. The van der Waals surface area contributed by atoms with E-state index in [-0.39, 0.29) is 25.0 Å². The van der Waals surface area contributed by atoms with Gasteiger partial charge in [-0.25, -0.2) is 4.79 Å². The molecule has 0 bridgehead atoms. The van der Waals surface area contributed by atoms with Gasteiger partial charge in [-0.05, 0) is 78.3 Å². The van der Waals surface area contributed by atoms with Gasteiger partial charge in [0.25, 0.3) is 0 Å². The van der Waals surface area contributed by atoms with Crippen LogP contribution in [0.25, 0.3) is 5.57 Å². The second kappa shape index (κ2) is 11.5. The molecule has 214 valence electrons. The summed E-state index contributed by atoms with van der Waals surface area (Å²) in [6.45, 7) is 1.99. The topological polar surface area (TPSA) is 63.2 Å². The Bertz CT molecular complexity index is 1820. The second-order valence-electron chi connectivity index (χ2n) is 11.2. The molecule has 0 radical (unpaired) electrons. The summed E-state index contributed by atoms with van der Waals surface area (Å²) in [6.07, 6.45) is 4.12. The molecule has 7 heteroatoms. The summed E-state index contributed by atoms with van der Waals surface area (Å²) in [5.41, 5.74) is 9.03. The van der Waals surface area contributed by atoms with Crippen LogP contribution in [0.15, 0.2) is 77.8 Å². The van der Waals surface area contributed by atoms with Crippen LogP contribution in [0.4, 0.5) is 11.4 Å². The molecule has 0 fully saturated rings. The van der Waals surface area contributed by atoms with Gasteiger partial charge < -0.3 is 19.7 Å². The van der Waals surface area contributed by atoms with Gasteiger partial charge in [-0.15, -0.1) is 12.4 Å². The molecule has 0 aromatic heterocycles. The fourth-order valence-electron chi connectivity index (χ4n) is 6.07. The van der Waals surface area contributed by atoms with Crippen molar-refractivity contribution < 1.29 is 14.3 Å². The van der Waals surface area contributed by atoms with Crippen LogP contribution in [0.2, 0.25) is 0 Å². The van der Waals surface area contributed by atoms with Crippen molar-refractivity contribution >= 4 is 35.3 Å². The molecule has 3 aliphatic rings.